The van der Waals surface area contributed by atoms with Crippen LogP contribution in [0.1, 0.15) is 6.42 Å². The van der Waals surface area contributed by atoms with Gasteiger partial charge in [-0.05, 0) is 0 Å². The largest absolute Gasteiger partial charge is 1.00 e. The van der Waals surface area contributed by atoms with Crippen molar-refractivity contribution in [1.29, 1.82) is 0 Å². The lowest BCUT2D eigenvalue weighted by Crippen LogP contribution is -3.00. The lowest BCUT2D eigenvalue weighted by atomic mass is 10.4. The first-order chi connectivity index (χ1) is 5.29. The quantitative estimate of drug-likeness (QED) is 0.386. The first-order valence-corrected chi connectivity index (χ1v) is 3.59. The zero-order chi connectivity index (χ0) is 8.10. The molecular formula is C8H12ClNO2. The van der Waals surface area contributed by atoms with E-state index < -0.39 is 6.29 Å². The highest BCUT2D eigenvalue weighted by molar-refractivity contribution is 4.83. The number of halogens is 1. The van der Waals surface area contributed by atoms with Crippen LogP contribution in [0.5, 0.6) is 0 Å². The summed E-state index contributed by atoms with van der Waals surface area (Å²) in [5.41, 5.74) is 0. The van der Waals surface area contributed by atoms with E-state index in [1.807, 2.05) is 35.2 Å². The Morgan fingerprint density at radius 2 is 1.67 bits per heavy atom. The van der Waals surface area contributed by atoms with E-state index in [-0.39, 0.29) is 12.4 Å². The third-order valence-corrected chi connectivity index (χ3v) is 1.42. The van der Waals surface area contributed by atoms with Gasteiger partial charge in [0.25, 0.3) is 0 Å². The molecule has 2 N–H and O–H groups in total. The molecule has 1 rings (SSSR count). The predicted molar refractivity (Wildman–Crippen MR) is 39.5 cm³/mol. The van der Waals surface area contributed by atoms with Gasteiger partial charge in [0, 0.05) is 12.1 Å². The molecule has 12 heavy (non-hydrogen) atoms. The number of nitrogens with zero attached hydrogens (tertiary/aromatic N) is 1. The zero-order valence-corrected chi connectivity index (χ0v) is 7.35. The van der Waals surface area contributed by atoms with Gasteiger partial charge in [0.05, 0.1) is 6.42 Å². The first-order valence-electron chi connectivity index (χ1n) is 3.59. The van der Waals surface area contributed by atoms with E-state index in [0.717, 1.165) is 0 Å². The van der Waals surface area contributed by atoms with E-state index in [1.165, 1.54) is 0 Å². The van der Waals surface area contributed by atoms with Crippen molar-refractivity contribution in [3.8, 4) is 0 Å². The van der Waals surface area contributed by atoms with Crippen LogP contribution < -0.4 is 17.0 Å². The van der Waals surface area contributed by atoms with Crippen molar-refractivity contribution in [2.45, 2.75) is 19.3 Å². The molecule has 0 amide bonds. The molecule has 1 aromatic heterocycles. The summed E-state index contributed by atoms with van der Waals surface area (Å²) in [6.45, 7) is 0.637. The maximum absolute atomic E-state index is 8.56. The molecule has 1 heterocycles. The Morgan fingerprint density at radius 3 is 2.17 bits per heavy atom. The molecule has 0 radical (unpaired) electrons. The van der Waals surface area contributed by atoms with Gasteiger partial charge in [0.15, 0.2) is 25.2 Å². The minimum absolute atomic E-state index is 0. The topological polar surface area (TPSA) is 44.3 Å². The summed E-state index contributed by atoms with van der Waals surface area (Å²) < 4.78 is 1.90. The van der Waals surface area contributed by atoms with Gasteiger partial charge in [0.2, 0.25) is 0 Å². The summed E-state index contributed by atoms with van der Waals surface area (Å²) >= 11 is 0. The maximum atomic E-state index is 8.56. The molecule has 0 aromatic carbocycles. The minimum atomic E-state index is -1.21. The van der Waals surface area contributed by atoms with Crippen LogP contribution in [0.2, 0.25) is 0 Å². The highest BCUT2D eigenvalue weighted by atomic mass is 35.5. The molecule has 68 valence electrons. The number of pyridine rings is 1. The third kappa shape index (κ3) is 4.28. The molecule has 1 aromatic rings. The number of aliphatic hydroxyl groups is 2. The summed E-state index contributed by atoms with van der Waals surface area (Å²) in [4.78, 5) is 0. The van der Waals surface area contributed by atoms with Crippen LogP contribution in [0, 0.1) is 0 Å². The summed E-state index contributed by atoms with van der Waals surface area (Å²) in [5.74, 6) is 0. The fourth-order valence-corrected chi connectivity index (χ4v) is 0.848. The number of aryl methyl sites for hydroxylation is 1. The van der Waals surface area contributed by atoms with Crippen LogP contribution in [0.25, 0.3) is 0 Å². The molecule has 0 unspecified atom stereocenters. The standard InChI is InChI=1S/C8H12NO2.ClH/c10-8(11)4-7-9-5-2-1-3-6-9;/h1-3,5-6,8,10-11H,4,7H2;1H/q+1;/p-1. The molecule has 0 aliphatic heterocycles. The Hall–Kier alpha value is -0.640. The van der Waals surface area contributed by atoms with Crippen molar-refractivity contribution in [3.05, 3.63) is 30.6 Å². The molecule has 0 aliphatic rings. The monoisotopic (exact) mass is 189 g/mol. The van der Waals surface area contributed by atoms with Crippen LogP contribution in [0.3, 0.4) is 0 Å². The lowest BCUT2D eigenvalue weighted by Gasteiger charge is -1.98. The summed E-state index contributed by atoms with van der Waals surface area (Å²) in [5, 5.41) is 17.1. The third-order valence-electron chi connectivity index (χ3n) is 1.42. The smallest absolute Gasteiger partial charge is 0.168 e. The van der Waals surface area contributed by atoms with E-state index in [0.29, 0.717) is 13.0 Å². The Balaban J connectivity index is 0.00000121. The second kappa shape index (κ2) is 5.94. The predicted octanol–water partition coefficient (Wildman–Crippen LogP) is -3.32. The van der Waals surface area contributed by atoms with Gasteiger partial charge in [-0.1, -0.05) is 6.07 Å². The van der Waals surface area contributed by atoms with E-state index in [4.69, 9.17) is 10.2 Å². The number of hydrogen-bond acceptors (Lipinski definition) is 2. The molecule has 0 saturated heterocycles. The summed E-state index contributed by atoms with van der Waals surface area (Å²) in [6, 6.07) is 5.74. The van der Waals surface area contributed by atoms with Crippen molar-refractivity contribution >= 4 is 0 Å². The number of aromatic nitrogens is 1. The minimum Gasteiger partial charge on any atom is -1.00 e. The highest BCUT2D eigenvalue weighted by Gasteiger charge is 2.01. The molecule has 0 aliphatic carbocycles. The van der Waals surface area contributed by atoms with Crippen molar-refractivity contribution in [3.63, 3.8) is 0 Å². The Labute approximate surface area is 77.7 Å². The average Bonchev–Trinajstić information content (AvgIpc) is 2.03. The number of aliphatic hydroxyl groups excluding tert-OH is 1. The fraction of sp³-hybridized carbons (Fsp3) is 0.375. The number of hydrogen-bond donors (Lipinski definition) is 2. The van der Waals surface area contributed by atoms with E-state index >= 15 is 0 Å². The average molecular weight is 190 g/mol. The second-order valence-electron chi connectivity index (χ2n) is 2.38. The maximum Gasteiger partial charge on any atom is 0.168 e. The van der Waals surface area contributed by atoms with Crippen LogP contribution in [0.4, 0.5) is 0 Å². The number of rotatable bonds is 3. The van der Waals surface area contributed by atoms with E-state index in [1.54, 1.807) is 0 Å². The van der Waals surface area contributed by atoms with Crippen molar-refractivity contribution in [2.75, 3.05) is 0 Å². The lowest BCUT2D eigenvalue weighted by molar-refractivity contribution is -0.699. The fourth-order valence-electron chi connectivity index (χ4n) is 0.848. The van der Waals surface area contributed by atoms with Crippen LogP contribution in [-0.2, 0) is 6.54 Å². The van der Waals surface area contributed by atoms with Crippen molar-refractivity contribution < 1.29 is 27.2 Å². The molecule has 0 saturated carbocycles. The molecule has 3 nitrogen and oxygen atoms in total. The van der Waals surface area contributed by atoms with E-state index in [2.05, 4.69) is 0 Å². The van der Waals surface area contributed by atoms with Crippen LogP contribution in [0.15, 0.2) is 30.6 Å². The summed E-state index contributed by atoms with van der Waals surface area (Å²) in [6.07, 6.45) is 2.95. The van der Waals surface area contributed by atoms with Crippen molar-refractivity contribution in [2.24, 2.45) is 0 Å². The normalized spacial score (nSPS) is 9.58. The van der Waals surface area contributed by atoms with Gasteiger partial charge in [0.1, 0.15) is 0 Å². The molecule has 4 heteroatoms. The first kappa shape index (κ1) is 11.4. The van der Waals surface area contributed by atoms with Gasteiger partial charge in [-0.2, -0.15) is 0 Å². The summed E-state index contributed by atoms with van der Waals surface area (Å²) in [7, 11) is 0. The molecular weight excluding hydrogens is 178 g/mol. The van der Waals surface area contributed by atoms with Gasteiger partial charge in [-0.15, -0.1) is 0 Å². The molecule has 0 bridgehead atoms. The zero-order valence-electron chi connectivity index (χ0n) is 6.60. The van der Waals surface area contributed by atoms with Gasteiger partial charge in [-0.3, -0.25) is 0 Å². The van der Waals surface area contributed by atoms with Gasteiger partial charge in [-0.25, -0.2) is 4.57 Å². The second-order valence-corrected chi connectivity index (χ2v) is 2.38. The molecule has 0 atom stereocenters. The van der Waals surface area contributed by atoms with Crippen molar-refractivity contribution in [1.82, 2.24) is 0 Å². The van der Waals surface area contributed by atoms with Gasteiger partial charge < -0.3 is 22.6 Å². The van der Waals surface area contributed by atoms with E-state index in [9.17, 15) is 0 Å². The van der Waals surface area contributed by atoms with Crippen LogP contribution >= 0.6 is 0 Å². The Bertz CT molecular complexity index is 203. The van der Waals surface area contributed by atoms with Gasteiger partial charge >= 0.3 is 0 Å². The molecule has 0 spiro atoms. The molecule has 0 fully saturated rings. The SMILES string of the molecule is OC(O)CC[n+]1ccccc1.[Cl-]. The van der Waals surface area contributed by atoms with Crippen LogP contribution in [-0.4, -0.2) is 16.5 Å². The Morgan fingerprint density at radius 1 is 1.08 bits per heavy atom. The highest BCUT2D eigenvalue weighted by Crippen LogP contribution is 1.85. The Kier molecular flexibility index (Phi) is 5.62.